The number of aryl methyl sites for hydroxylation is 1. The second kappa shape index (κ2) is 4.14. The Morgan fingerprint density at radius 1 is 1.38 bits per heavy atom. The fourth-order valence-corrected chi connectivity index (χ4v) is 1.21. The minimum absolute atomic E-state index is 0.0298. The zero-order valence-electron chi connectivity index (χ0n) is 7.87. The van der Waals surface area contributed by atoms with Crippen LogP contribution in [0.1, 0.15) is 18.1 Å². The second-order valence-corrected chi connectivity index (χ2v) is 2.82. The molecule has 0 spiro atoms. The van der Waals surface area contributed by atoms with Crippen molar-refractivity contribution in [3.8, 4) is 11.5 Å². The van der Waals surface area contributed by atoms with E-state index >= 15 is 0 Å². The van der Waals surface area contributed by atoms with Gasteiger partial charge in [-0.05, 0) is 24.1 Å². The van der Waals surface area contributed by atoms with Crippen LogP contribution in [-0.2, 0) is 13.0 Å². The van der Waals surface area contributed by atoms with E-state index in [1.165, 1.54) is 7.11 Å². The Morgan fingerprint density at radius 2 is 2.08 bits per heavy atom. The smallest absolute Gasteiger partial charge is 0.163 e. The molecule has 3 nitrogen and oxygen atoms in total. The van der Waals surface area contributed by atoms with Crippen molar-refractivity contribution in [2.45, 2.75) is 20.0 Å². The van der Waals surface area contributed by atoms with Crippen LogP contribution in [0.5, 0.6) is 11.5 Å². The predicted molar refractivity (Wildman–Crippen MR) is 50.0 cm³/mol. The average Bonchev–Trinajstić information content (AvgIpc) is 2.18. The van der Waals surface area contributed by atoms with Gasteiger partial charge in [-0.2, -0.15) is 0 Å². The lowest BCUT2D eigenvalue weighted by Gasteiger charge is -2.09. The van der Waals surface area contributed by atoms with Crippen molar-refractivity contribution < 1.29 is 14.9 Å². The number of hydrogen-bond donors (Lipinski definition) is 2. The van der Waals surface area contributed by atoms with Crippen molar-refractivity contribution in [1.29, 1.82) is 0 Å². The molecule has 0 fully saturated rings. The fourth-order valence-electron chi connectivity index (χ4n) is 1.21. The number of ether oxygens (including phenoxy) is 1. The monoisotopic (exact) mass is 182 g/mol. The van der Waals surface area contributed by atoms with Crippen LogP contribution in [0.15, 0.2) is 12.1 Å². The summed E-state index contributed by atoms with van der Waals surface area (Å²) in [4.78, 5) is 0. The van der Waals surface area contributed by atoms with Gasteiger partial charge in [0, 0.05) is 5.56 Å². The molecule has 0 heterocycles. The van der Waals surface area contributed by atoms with Gasteiger partial charge >= 0.3 is 0 Å². The van der Waals surface area contributed by atoms with Crippen molar-refractivity contribution in [2.24, 2.45) is 0 Å². The number of benzene rings is 1. The van der Waals surface area contributed by atoms with Gasteiger partial charge in [-0.25, -0.2) is 0 Å². The molecule has 0 radical (unpaired) electrons. The quantitative estimate of drug-likeness (QED) is 0.744. The third-order valence-corrected chi connectivity index (χ3v) is 2.01. The van der Waals surface area contributed by atoms with E-state index in [2.05, 4.69) is 0 Å². The van der Waals surface area contributed by atoms with E-state index in [1.807, 2.05) is 6.92 Å². The minimum Gasteiger partial charge on any atom is -0.504 e. The SMILES string of the molecule is CCc1cc(CO)c(O)c(OC)c1. The van der Waals surface area contributed by atoms with Gasteiger partial charge in [0.2, 0.25) is 0 Å². The summed E-state index contributed by atoms with van der Waals surface area (Å²) in [7, 11) is 1.50. The van der Waals surface area contributed by atoms with Crippen molar-refractivity contribution in [3.05, 3.63) is 23.3 Å². The molecule has 2 N–H and O–H groups in total. The highest BCUT2D eigenvalue weighted by atomic mass is 16.5. The average molecular weight is 182 g/mol. The lowest BCUT2D eigenvalue weighted by atomic mass is 10.1. The summed E-state index contributed by atoms with van der Waals surface area (Å²) in [5.41, 5.74) is 1.55. The first kappa shape index (κ1) is 9.86. The first-order valence-electron chi connectivity index (χ1n) is 4.22. The highest BCUT2D eigenvalue weighted by Gasteiger charge is 2.08. The maximum Gasteiger partial charge on any atom is 0.163 e. The number of aliphatic hydroxyl groups is 1. The van der Waals surface area contributed by atoms with Gasteiger partial charge in [0.15, 0.2) is 11.5 Å². The number of phenols is 1. The first-order valence-corrected chi connectivity index (χ1v) is 4.22. The molecule has 0 saturated heterocycles. The minimum atomic E-state index is -0.171. The molecule has 1 aromatic rings. The second-order valence-electron chi connectivity index (χ2n) is 2.82. The van der Waals surface area contributed by atoms with Gasteiger partial charge < -0.3 is 14.9 Å². The maximum atomic E-state index is 9.52. The van der Waals surface area contributed by atoms with Crippen LogP contribution in [0, 0.1) is 0 Å². The lowest BCUT2D eigenvalue weighted by molar-refractivity contribution is 0.272. The van der Waals surface area contributed by atoms with E-state index < -0.39 is 0 Å². The number of aliphatic hydroxyl groups excluding tert-OH is 1. The lowest BCUT2D eigenvalue weighted by Crippen LogP contribution is -1.93. The van der Waals surface area contributed by atoms with Crippen molar-refractivity contribution in [2.75, 3.05) is 7.11 Å². The number of rotatable bonds is 3. The van der Waals surface area contributed by atoms with Crippen LogP contribution in [0.3, 0.4) is 0 Å². The number of aromatic hydroxyl groups is 1. The Kier molecular flexibility index (Phi) is 3.14. The maximum absolute atomic E-state index is 9.52. The van der Waals surface area contributed by atoms with E-state index in [-0.39, 0.29) is 12.4 Å². The number of hydrogen-bond acceptors (Lipinski definition) is 3. The van der Waals surface area contributed by atoms with E-state index in [1.54, 1.807) is 12.1 Å². The summed E-state index contributed by atoms with van der Waals surface area (Å²) in [6, 6.07) is 3.55. The zero-order chi connectivity index (χ0) is 9.84. The van der Waals surface area contributed by atoms with E-state index in [0.29, 0.717) is 11.3 Å². The third-order valence-electron chi connectivity index (χ3n) is 2.01. The van der Waals surface area contributed by atoms with Crippen LogP contribution in [-0.4, -0.2) is 17.3 Å². The highest BCUT2D eigenvalue weighted by molar-refractivity contribution is 5.48. The summed E-state index contributed by atoms with van der Waals surface area (Å²) >= 11 is 0. The molecule has 1 rings (SSSR count). The molecule has 0 aromatic heterocycles. The molecule has 0 aliphatic heterocycles. The Labute approximate surface area is 77.6 Å². The molecule has 13 heavy (non-hydrogen) atoms. The van der Waals surface area contributed by atoms with E-state index in [9.17, 15) is 5.11 Å². The summed E-state index contributed by atoms with van der Waals surface area (Å²) in [6.45, 7) is 1.84. The summed E-state index contributed by atoms with van der Waals surface area (Å²) in [6.07, 6.45) is 0.851. The van der Waals surface area contributed by atoms with Crippen molar-refractivity contribution >= 4 is 0 Å². The van der Waals surface area contributed by atoms with Gasteiger partial charge in [0.05, 0.1) is 13.7 Å². The Balaban J connectivity index is 3.20. The normalized spacial score (nSPS) is 10.1. The highest BCUT2D eigenvalue weighted by Crippen LogP contribution is 2.31. The molecular weight excluding hydrogens is 168 g/mol. The van der Waals surface area contributed by atoms with Crippen LogP contribution < -0.4 is 4.74 Å². The zero-order valence-corrected chi connectivity index (χ0v) is 7.87. The molecule has 0 amide bonds. The molecule has 0 atom stereocenters. The van der Waals surface area contributed by atoms with E-state index in [0.717, 1.165) is 12.0 Å². The van der Waals surface area contributed by atoms with Crippen LogP contribution in [0.25, 0.3) is 0 Å². The molecular formula is C10H14O3. The van der Waals surface area contributed by atoms with Gasteiger partial charge in [-0.3, -0.25) is 0 Å². The molecule has 0 unspecified atom stereocenters. The Bertz CT molecular complexity index is 269. The molecule has 0 aliphatic carbocycles. The summed E-state index contributed by atoms with van der Waals surface area (Å²) in [5, 5.41) is 18.5. The van der Waals surface area contributed by atoms with Crippen LogP contribution in [0.4, 0.5) is 0 Å². The van der Waals surface area contributed by atoms with Gasteiger partial charge in [0.1, 0.15) is 0 Å². The number of methoxy groups -OCH3 is 1. The van der Waals surface area contributed by atoms with Crippen molar-refractivity contribution in [1.82, 2.24) is 0 Å². The van der Waals surface area contributed by atoms with Gasteiger partial charge in [-0.1, -0.05) is 6.92 Å². The molecule has 1 aromatic carbocycles. The van der Waals surface area contributed by atoms with Crippen LogP contribution >= 0.6 is 0 Å². The fraction of sp³-hybridized carbons (Fsp3) is 0.400. The topological polar surface area (TPSA) is 49.7 Å². The largest absolute Gasteiger partial charge is 0.504 e. The molecule has 72 valence electrons. The predicted octanol–water partition coefficient (Wildman–Crippen LogP) is 1.46. The molecule has 0 saturated carbocycles. The van der Waals surface area contributed by atoms with Crippen molar-refractivity contribution in [3.63, 3.8) is 0 Å². The van der Waals surface area contributed by atoms with Gasteiger partial charge in [0.25, 0.3) is 0 Å². The van der Waals surface area contributed by atoms with Crippen LogP contribution in [0.2, 0.25) is 0 Å². The molecule has 0 bridgehead atoms. The Morgan fingerprint density at radius 3 is 2.54 bits per heavy atom. The van der Waals surface area contributed by atoms with E-state index in [4.69, 9.17) is 9.84 Å². The van der Waals surface area contributed by atoms with Gasteiger partial charge in [-0.15, -0.1) is 0 Å². The molecule has 0 aliphatic rings. The third kappa shape index (κ3) is 1.92. The summed E-state index contributed by atoms with van der Waals surface area (Å²) in [5.74, 6) is 0.450. The summed E-state index contributed by atoms with van der Waals surface area (Å²) < 4.78 is 4.97. The Hall–Kier alpha value is -1.22. The molecule has 3 heteroatoms. The first-order chi connectivity index (χ1) is 6.22. The standard InChI is InChI=1S/C10H14O3/c1-3-7-4-8(6-11)10(12)9(5-7)13-2/h4-5,11-12H,3,6H2,1-2H3.